The van der Waals surface area contributed by atoms with Crippen molar-refractivity contribution in [1.82, 2.24) is 15.0 Å². The summed E-state index contributed by atoms with van der Waals surface area (Å²) in [5, 5.41) is 1.16. The molecule has 0 spiro atoms. The van der Waals surface area contributed by atoms with Gasteiger partial charge in [-0.25, -0.2) is 15.0 Å². The number of hydrogen-bond donors (Lipinski definition) is 0. The molecule has 45 heavy (non-hydrogen) atoms. The predicted molar refractivity (Wildman–Crippen MR) is 181 cm³/mol. The third-order valence-electron chi connectivity index (χ3n) is 7.95. The average Bonchev–Trinajstić information content (AvgIpc) is 3.12. The van der Waals surface area contributed by atoms with E-state index in [1.807, 2.05) is 115 Å². The maximum atomic E-state index is 13.2. The summed E-state index contributed by atoms with van der Waals surface area (Å²) < 4.78 is 6.01. The van der Waals surface area contributed by atoms with Gasteiger partial charge in [0.15, 0.2) is 17.5 Å². The second-order valence-electron chi connectivity index (χ2n) is 10.8. The second-order valence-corrected chi connectivity index (χ2v) is 10.8. The fourth-order valence-corrected chi connectivity index (χ4v) is 5.61. The summed E-state index contributed by atoms with van der Waals surface area (Å²) in [5.74, 6) is 1.88. The summed E-state index contributed by atoms with van der Waals surface area (Å²) in [6.07, 6.45) is 0. The van der Waals surface area contributed by atoms with Gasteiger partial charge < -0.3 is 4.42 Å². The van der Waals surface area contributed by atoms with Crippen molar-refractivity contribution in [2.24, 2.45) is 0 Å². The lowest BCUT2D eigenvalue weighted by Gasteiger charge is -2.10. The molecule has 6 aromatic carbocycles. The zero-order chi connectivity index (χ0) is 30.2. The molecular formula is C40H25N3O2. The van der Waals surface area contributed by atoms with Crippen LogP contribution < -0.4 is 5.43 Å². The minimum absolute atomic E-state index is 0.0235. The number of fused-ring (bicyclic) bond motifs is 2. The van der Waals surface area contributed by atoms with Gasteiger partial charge in [0, 0.05) is 16.7 Å². The van der Waals surface area contributed by atoms with Crippen LogP contribution in [0.1, 0.15) is 0 Å². The Hall–Kier alpha value is -6.20. The van der Waals surface area contributed by atoms with Crippen LogP contribution in [0.15, 0.2) is 161 Å². The molecule has 5 heteroatoms. The van der Waals surface area contributed by atoms with Crippen LogP contribution in [0.5, 0.6) is 0 Å². The minimum Gasteiger partial charge on any atom is -0.456 e. The first-order valence-electron chi connectivity index (χ1n) is 14.7. The molecule has 0 amide bonds. The molecule has 0 aliphatic heterocycles. The second kappa shape index (κ2) is 11.1. The third-order valence-corrected chi connectivity index (χ3v) is 7.95. The van der Waals surface area contributed by atoms with Gasteiger partial charge in [0.05, 0.1) is 10.8 Å². The van der Waals surface area contributed by atoms with E-state index in [0.717, 1.165) is 38.9 Å². The molecule has 0 saturated heterocycles. The number of para-hydroxylation sites is 1. The van der Waals surface area contributed by atoms with E-state index in [1.165, 1.54) is 0 Å². The number of hydrogen-bond acceptors (Lipinski definition) is 5. The number of aromatic nitrogens is 3. The van der Waals surface area contributed by atoms with Gasteiger partial charge in [0.2, 0.25) is 5.43 Å². The molecule has 5 nitrogen and oxygen atoms in total. The fraction of sp³-hybridized carbons (Fsp3) is 0. The summed E-state index contributed by atoms with van der Waals surface area (Å²) in [7, 11) is 0. The lowest BCUT2D eigenvalue weighted by Crippen LogP contribution is -2.01. The molecule has 0 aliphatic rings. The number of nitrogens with zero attached hydrogens (tertiary/aromatic N) is 3. The molecule has 212 valence electrons. The Bertz CT molecular complexity index is 2330. The van der Waals surface area contributed by atoms with Gasteiger partial charge in [-0.3, -0.25) is 4.79 Å². The van der Waals surface area contributed by atoms with Gasteiger partial charge in [-0.2, -0.15) is 0 Å². The summed E-state index contributed by atoms with van der Waals surface area (Å²) >= 11 is 0. The zero-order valence-corrected chi connectivity index (χ0v) is 24.1. The molecule has 0 N–H and O–H groups in total. The van der Waals surface area contributed by atoms with Gasteiger partial charge in [-0.05, 0) is 52.6 Å². The average molecular weight is 580 g/mol. The molecule has 0 aliphatic carbocycles. The van der Waals surface area contributed by atoms with Gasteiger partial charge >= 0.3 is 0 Å². The first kappa shape index (κ1) is 26.4. The molecule has 0 unspecified atom stereocenters. The van der Waals surface area contributed by atoms with Crippen LogP contribution in [0.2, 0.25) is 0 Å². The molecule has 0 saturated carbocycles. The lowest BCUT2D eigenvalue weighted by atomic mass is 9.97. The molecule has 8 rings (SSSR count). The van der Waals surface area contributed by atoms with Crippen molar-refractivity contribution in [2.45, 2.75) is 0 Å². The molecule has 0 radical (unpaired) electrons. The first-order valence-corrected chi connectivity index (χ1v) is 14.7. The van der Waals surface area contributed by atoms with Crippen LogP contribution >= 0.6 is 0 Å². The Kier molecular flexibility index (Phi) is 6.54. The van der Waals surface area contributed by atoms with Crippen molar-refractivity contribution >= 4 is 21.9 Å². The van der Waals surface area contributed by atoms with Crippen LogP contribution in [0, 0.1) is 0 Å². The van der Waals surface area contributed by atoms with E-state index < -0.39 is 0 Å². The van der Waals surface area contributed by atoms with Crippen LogP contribution in [-0.4, -0.2) is 15.0 Å². The standard InChI is InChI=1S/C40H25N3O2/c44-37-33-16-7-8-17-35(33)45-36-23-22-32(25-34(36)37)31-15-9-14-30(24-31)26-18-20-29(21-19-26)40-42-38(27-10-3-1-4-11-27)41-39(43-40)28-12-5-2-6-13-28/h1-25H. The maximum absolute atomic E-state index is 13.2. The van der Waals surface area contributed by atoms with E-state index >= 15 is 0 Å². The van der Waals surface area contributed by atoms with Gasteiger partial charge in [0.1, 0.15) is 11.2 Å². The monoisotopic (exact) mass is 579 g/mol. The normalized spacial score (nSPS) is 11.2. The van der Waals surface area contributed by atoms with Crippen molar-refractivity contribution in [1.29, 1.82) is 0 Å². The largest absolute Gasteiger partial charge is 0.456 e. The summed E-state index contributed by atoms with van der Waals surface area (Å²) in [5.41, 5.74) is 8.03. The van der Waals surface area contributed by atoms with Crippen molar-refractivity contribution in [2.75, 3.05) is 0 Å². The van der Waals surface area contributed by atoms with E-state index in [0.29, 0.717) is 39.4 Å². The predicted octanol–water partition coefficient (Wildman–Crippen LogP) is 9.47. The van der Waals surface area contributed by atoms with Crippen molar-refractivity contribution < 1.29 is 4.42 Å². The van der Waals surface area contributed by atoms with E-state index in [9.17, 15) is 4.79 Å². The first-order chi connectivity index (χ1) is 22.2. The van der Waals surface area contributed by atoms with Crippen LogP contribution in [0.4, 0.5) is 0 Å². The van der Waals surface area contributed by atoms with Crippen molar-refractivity contribution in [3.05, 3.63) is 162 Å². The maximum Gasteiger partial charge on any atom is 0.200 e. The summed E-state index contributed by atoms with van der Waals surface area (Å²) in [4.78, 5) is 27.7. The number of rotatable bonds is 5. The van der Waals surface area contributed by atoms with E-state index in [2.05, 4.69) is 30.3 Å². The Morgan fingerprint density at radius 2 is 0.800 bits per heavy atom. The molecule has 0 bridgehead atoms. The Balaban J connectivity index is 1.15. The van der Waals surface area contributed by atoms with Crippen LogP contribution in [-0.2, 0) is 0 Å². The molecule has 0 fully saturated rings. The fourth-order valence-electron chi connectivity index (χ4n) is 5.61. The highest BCUT2D eigenvalue weighted by molar-refractivity contribution is 5.92. The van der Waals surface area contributed by atoms with Crippen molar-refractivity contribution in [3.8, 4) is 56.4 Å². The van der Waals surface area contributed by atoms with Crippen LogP contribution in [0.25, 0.3) is 78.4 Å². The topological polar surface area (TPSA) is 68.9 Å². The zero-order valence-electron chi connectivity index (χ0n) is 24.1. The Morgan fingerprint density at radius 3 is 1.44 bits per heavy atom. The molecular weight excluding hydrogens is 554 g/mol. The Labute approximate surface area is 259 Å². The summed E-state index contributed by atoms with van der Waals surface area (Å²) in [6.45, 7) is 0. The highest BCUT2D eigenvalue weighted by Gasteiger charge is 2.13. The van der Waals surface area contributed by atoms with Gasteiger partial charge in [0.25, 0.3) is 0 Å². The number of benzene rings is 6. The van der Waals surface area contributed by atoms with E-state index in [1.54, 1.807) is 6.07 Å². The lowest BCUT2D eigenvalue weighted by molar-refractivity contribution is 0.660. The quantitative estimate of drug-likeness (QED) is 0.190. The summed E-state index contributed by atoms with van der Waals surface area (Å²) in [6, 6.07) is 49.7. The smallest absolute Gasteiger partial charge is 0.200 e. The van der Waals surface area contributed by atoms with Crippen LogP contribution in [0.3, 0.4) is 0 Å². The Morgan fingerprint density at radius 1 is 0.356 bits per heavy atom. The molecule has 2 heterocycles. The van der Waals surface area contributed by atoms with Gasteiger partial charge in [-0.15, -0.1) is 0 Å². The molecule has 0 atom stereocenters. The highest BCUT2D eigenvalue weighted by Crippen LogP contribution is 2.31. The highest BCUT2D eigenvalue weighted by atomic mass is 16.3. The minimum atomic E-state index is -0.0235. The van der Waals surface area contributed by atoms with Gasteiger partial charge in [-0.1, -0.05) is 121 Å². The van der Waals surface area contributed by atoms with E-state index in [4.69, 9.17) is 19.4 Å². The molecule has 8 aromatic rings. The SMILES string of the molecule is O=c1c2ccccc2oc2ccc(-c3cccc(-c4ccc(-c5nc(-c6ccccc6)nc(-c6ccccc6)n5)cc4)c3)cc12. The van der Waals surface area contributed by atoms with E-state index in [-0.39, 0.29) is 5.43 Å². The third kappa shape index (κ3) is 5.07. The van der Waals surface area contributed by atoms with Crippen molar-refractivity contribution in [3.63, 3.8) is 0 Å². The molecule has 2 aromatic heterocycles.